The van der Waals surface area contributed by atoms with Gasteiger partial charge in [0.15, 0.2) is 9.84 Å². The van der Waals surface area contributed by atoms with Gasteiger partial charge in [-0.25, -0.2) is 8.42 Å². The van der Waals surface area contributed by atoms with Crippen LogP contribution in [0.25, 0.3) is 0 Å². The number of sulfone groups is 1. The van der Waals surface area contributed by atoms with E-state index >= 15 is 0 Å². The first-order valence-electron chi connectivity index (χ1n) is 6.95. The van der Waals surface area contributed by atoms with Gasteiger partial charge in [-0.1, -0.05) is 55.1 Å². The Kier molecular flexibility index (Phi) is 3.76. The quantitative estimate of drug-likeness (QED) is 0.873. The first kappa shape index (κ1) is 14.8. The van der Waals surface area contributed by atoms with Gasteiger partial charge in [0.05, 0.1) is 10.9 Å². The zero-order chi connectivity index (χ0) is 15.7. The van der Waals surface area contributed by atoms with Crippen molar-refractivity contribution < 1.29 is 13.3 Å². The SMILES string of the molecule is C=C1ON(C)[C@H](c2ccccc2)[C@H]1S(=O)(=O)c1ccccc1. The highest BCUT2D eigenvalue weighted by molar-refractivity contribution is 7.92. The highest BCUT2D eigenvalue weighted by Crippen LogP contribution is 2.41. The van der Waals surface area contributed by atoms with Crippen molar-refractivity contribution in [2.45, 2.75) is 16.2 Å². The first-order chi connectivity index (χ1) is 10.5. The summed E-state index contributed by atoms with van der Waals surface area (Å²) >= 11 is 0. The Bertz CT molecular complexity index is 772. The molecular formula is C17H17NO3S. The highest BCUT2D eigenvalue weighted by Gasteiger charge is 2.47. The van der Waals surface area contributed by atoms with Crippen LogP contribution in [0.2, 0.25) is 0 Å². The smallest absolute Gasteiger partial charge is 0.190 e. The fourth-order valence-electron chi connectivity index (χ4n) is 2.79. The Hall–Kier alpha value is -2.11. The van der Waals surface area contributed by atoms with Crippen molar-refractivity contribution in [3.8, 4) is 0 Å². The average Bonchev–Trinajstić information content (AvgIpc) is 2.84. The highest BCUT2D eigenvalue weighted by atomic mass is 32.2. The van der Waals surface area contributed by atoms with Gasteiger partial charge in [0, 0.05) is 7.05 Å². The third kappa shape index (κ3) is 2.42. The number of benzene rings is 2. The monoisotopic (exact) mass is 315 g/mol. The first-order valence-corrected chi connectivity index (χ1v) is 8.50. The molecule has 1 aliphatic rings. The van der Waals surface area contributed by atoms with E-state index in [2.05, 4.69) is 6.58 Å². The molecule has 2 atom stereocenters. The molecule has 0 N–H and O–H groups in total. The van der Waals surface area contributed by atoms with Crippen LogP contribution in [0.3, 0.4) is 0 Å². The van der Waals surface area contributed by atoms with E-state index in [1.54, 1.807) is 42.4 Å². The number of hydroxylamine groups is 2. The minimum absolute atomic E-state index is 0.250. The Morgan fingerprint density at radius 2 is 1.55 bits per heavy atom. The molecule has 4 nitrogen and oxygen atoms in total. The van der Waals surface area contributed by atoms with E-state index in [0.29, 0.717) is 0 Å². The molecule has 0 amide bonds. The van der Waals surface area contributed by atoms with E-state index in [1.165, 1.54) is 0 Å². The van der Waals surface area contributed by atoms with Gasteiger partial charge in [0.1, 0.15) is 11.0 Å². The second kappa shape index (κ2) is 5.59. The molecule has 2 aromatic rings. The molecule has 22 heavy (non-hydrogen) atoms. The van der Waals surface area contributed by atoms with Crippen LogP contribution in [0, 0.1) is 0 Å². The maximum Gasteiger partial charge on any atom is 0.190 e. The van der Waals surface area contributed by atoms with Crippen LogP contribution in [-0.2, 0) is 14.7 Å². The standard InChI is InChI=1S/C17H17NO3S/c1-13-17(22(19,20)15-11-7-4-8-12-15)16(18(2)21-13)14-9-5-3-6-10-14/h3-12,16-17H,1H2,2H3/t16-,17+/m1/s1. The van der Waals surface area contributed by atoms with Crippen LogP contribution in [0.4, 0.5) is 0 Å². The third-order valence-electron chi connectivity index (χ3n) is 3.80. The summed E-state index contributed by atoms with van der Waals surface area (Å²) < 4.78 is 26.0. The van der Waals surface area contributed by atoms with E-state index in [1.807, 2.05) is 30.3 Å². The van der Waals surface area contributed by atoms with Crippen LogP contribution >= 0.6 is 0 Å². The van der Waals surface area contributed by atoms with Gasteiger partial charge in [-0.2, -0.15) is 0 Å². The van der Waals surface area contributed by atoms with Gasteiger partial charge in [0.2, 0.25) is 0 Å². The lowest BCUT2D eigenvalue weighted by Crippen LogP contribution is -2.30. The molecule has 0 radical (unpaired) electrons. The predicted octanol–water partition coefficient (Wildman–Crippen LogP) is 2.96. The van der Waals surface area contributed by atoms with Crippen LogP contribution in [0.5, 0.6) is 0 Å². The zero-order valence-corrected chi connectivity index (χ0v) is 13.0. The molecule has 1 fully saturated rings. The van der Waals surface area contributed by atoms with Crippen molar-refractivity contribution in [3.63, 3.8) is 0 Å². The lowest BCUT2D eigenvalue weighted by molar-refractivity contribution is -0.0818. The van der Waals surface area contributed by atoms with E-state index < -0.39 is 21.1 Å². The van der Waals surface area contributed by atoms with E-state index in [-0.39, 0.29) is 10.7 Å². The molecule has 0 bridgehead atoms. The maximum absolute atomic E-state index is 13.0. The van der Waals surface area contributed by atoms with Crippen molar-refractivity contribution >= 4 is 9.84 Å². The minimum atomic E-state index is -3.58. The van der Waals surface area contributed by atoms with Crippen molar-refractivity contribution in [1.82, 2.24) is 5.06 Å². The number of hydrogen-bond acceptors (Lipinski definition) is 4. The second-order valence-corrected chi connectivity index (χ2v) is 7.31. The molecule has 1 heterocycles. The van der Waals surface area contributed by atoms with Crippen LogP contribution in [0.15, 0.2) is 77.9 Å². The molecular weight excluding hydrogens is 298 g/mol. The third-order valence-corrected chi connectivity index (χ3v) is 5.92. The lowest BCUT2D eigenvalue weighted by Gasteiger charge is -2.21. The van der Waals surface area contributed by atoms with Gasteiger partial charge in [-0.05, 0) is 17.7 Å². The summed E-state index contributed by atoms with van der Waals surface area (Å²) in [6, 6.07) is 17.5. The van der Waals surface area contributed by atoms with Gasteiger partial charge < -0.3 is 4.84 Å². The van der Waals surface area contributed by atoms with Gasteiger partial charge >= 0.3 is 0 Å². The molecule has 114 valence electrons. The molecule has 3 rings (SSSR count). The Labute approximate surface area is 130 Å². The molecule has 1 saturated heterocycles. The molecule has 0 spiro atoms. The van der Waals surface area contributed by atoms with Crippen LogP contribution in [0.1, 0.15) is 11.6 Å². The molecule has 5 heteroatoms. The zero-order valence-electron chi connectivity index (χ0n) is 12.2. The fraction of sp³-hybridized carbons (Fsp3) is 0.176. The largest absolute Gasteiger partial charge is 0.409 e. The normalized spacial score (nSPS) is 22.5. The van der Waals surface area contributed by atoms with Crippen LogP contribution < -0.4 is 0 Å². The van der Waals surface area contributed by atoms with E-state index in [0.717, 1.165) is 5.56 Å². The molecule has 0 aliphatic carbocycles. The van der Waals surface area contributed by atoms with Crippen molar-refractivity contribution in [2.75, 3.05) is 7.05 Å². The summed E-state index contributed by atoms with van der Waals surface area (Å²) in [5.74, 6) is 0.250. The second-order valence-electron chi connectivity index (χ2n) is 5.24. The van der Waals surface area contributed by atoms with E-state index in [4.69, 9.17) is 4.84 Å². The Morgan fingerprint density at radius 1 is 1.00 bits per heavy atom. The maximum atomic E-state index is 13.0. The summed E-state index contributed by atoms with van der Waals surface area (Å²) in [4.78, 5) is 5.79. The summed E-state index contributed by atoms with van der Waals surface area (Å²) in [6.45, 7) is 3.81. The minimum Gasteiger partial charge on any atom is -0.409 e. The van der Waals surface area contributed by atoms with Crippen LogP contribution in [-0.4, -0.2) is 25.8 Å². The predicted molar refractivity (Wildman–Crippen MR) is 84.6 cm³/mol. The van der Waals surface area contributed by atoms with Gasteiger partial charge in [-0.15, -0.1) is 5.06 Å². The van der Waals surface area contributed by atoms with Gasteiger partial charge in [0.25, 0.3) is 0 Å². The topological polar surface area (TPSA) is 46.6 Å². The summed E-state index contributed by atoms with van der Waals surface area (Å²) in [5.41, 5.74) is 0.883. The number of hydrogen-bond donors (Lipinski definition) is 0. The van der Waals surface area contributed by atoms with Crippen molar-refractivity contribution in [1.29, 1.82) is 0 Å². The molecule has 2 aromatic carbocycles. The lowest BCUT2D eigenvalue weighted by atomic mass is 10.0. The Morgan fingerprint density at radius 3 is 2.14 bits per heavy atom. The number of nitrogens with zero attached hydrogens (tertiary/aromatic N) is 1. The average molecular weight is 315 g/mol. The van der Waals surface area contributed by atoms with E-state index in [9.17, 15) is 8.42 Å². The molecule has 0 unspecified atom stereocenters. The summed E-state index contributed by atoms with van der Waals surface area (Å²) in [6.07, 6.45) is 0. The summed E-state index contributed by atoms with van der Waals surface area (Å²) in [7, 11) is -1.86. The summed E-state index contributed by atoms with van der Waals surface area (Å²) in [5, 5.41) is 0.727. The van der Waals surface area contributed by atoms with Gasteiger partial charge in [-0.3, -0.25) is 0 Å². The number of rotatable bonds is 3. The molecule has 1 aliphatic heterocycles. The fourth-order valence-corrected chi connectivity index (χ4v) is 4.68. The Balaban J connectivity index is 2.09. The molecule has 0 aromatic heterocycles. The van der Waals surface area contributed by atoms with Crippen molar-refractivity contribution in [3.05, 3.63) is 78.6 Å². The molecule has 0 saturated carbocycles. The van der Waals surface area contributed by atoms with Crippen molar-refractivity contribution in [2.24, 2.45) is 0 Å².